The molecule has 8 nitrogen and oxygen atoms in total. The molecule has 0 spiro atoms. The number of esters is 1. The molecule has 0 aromatic heterocycles. The van der Waals surface area contributed by atoms with Crippen LogP contribution in [0.1, 0.15) is 243 Å². The molecule has 0 saturated heterocycles. The number of ether oxygens (including phenoxy) is 3. The van der Waals surface area contributed by atoms with Crippen LogP contribution in [-0.4, -0.2) is 51.2 Å². The molecule has 1 aromatic rings. The van der Waals surface area contributed by atoms with E-state index in [1.54, 1.807) is 12.1 Å². The molecule has 0 saturated carbocycles. The molecular formula is C50H90N2O6. The second-order valence-corrected chi connectivity index (χ2v) is 16.7. The Morgan fingerprint density at radius 1 is 0.414 bits per heavy atom. The number of amides is 2. The molecule has 1 rings (SSSR count). The number of hydrogen-bond donors (Lipinski definition) is 2. The predicted octanol–water partition coefficient (Wildman–Crippen LogP) is 13.8. The molecule has 0 bridgehead atoms. The molecule has 0 radical (unpaired) electrons. The van der Waals surface area contributed by atoms with Crippen molar-refractivity contribution in [1.29, 1.82) is 0 Å². The minimum atomic E-state index is -0.394. The summed E-state index contributed by atoms with van der Waals surface area (Å²) in [6.45, 7) is 7.37. The predicted molar refractivity (Wildman–Crippen MR) is 243 cm³/mol. The van der Waals surface area contributed by atoms with Gasteiger partial charge >= 0.3 is 5.97 Å². The summed E-state index contributed by atoms with van der Waals surface area (Å²) in [7, 11) is 1.39. The Morgan fingerprint density at radius 3 is 1.07 bits per heavy atom. The number of benzene rings is 1. The number of methoxy groups -OCH3 is 1. The SMILES string of the molecule is CCCCCCCCCCNC(=O)CCCCCCCCCCOc1cc(OCCCCCCCCCCC(=O)NCCCCCCCCCC)cc(C(=O)OC)c1. The van der Waals surface area contributed by atoms with Crippen molar-refractivity contribution in [3.8, 4) is 11.5 Å². The minimum Gasteiger partial charge on any atom is -0.493 e. The van der Waals surface area contributed by atoms with Gasteiger partial charge in [-0.2, -0.15) is 0 Å². The molecule has 0 atom stereocenters. The summed E-state index contributed by atoms with van der Waals surface area (Å²) < 4.78 is 17.0. The average Bonchev–Trinajstić information content (AvgIpc) is 3.23. The van der Waals surface area contributed by atoms with E-state index in [9.17, 15) is 14.4 Å². The summed E-state index contributed by atoms with van der Waals surface area (Å²) in [5.74, 6) is 1.31. The monoisotopic (exact) mass is 815 g/mol. The lowest BCUT2D eigenvalue weighted by Crippen LogP contribution is -2.23. The molecule has 1 aromatic carbocycles. The lowest BCUT2D eigenvalue weighted by atomic mass is 10.1. The van der Waals surface area contributed by atoms with Crippen LogP contribution in [0.5, 0.6) is 11.5 Å². The largest absolute Gasteiger partial charge is 0.493 e. The van der Waals surface area contributed by atoms with Gasteiger partial charge in [-0.1, -0.05) is 181 Å². The van der Waals surface area contributed by atoms with E-state index in [4.69, 9.17) is 14.2 Å². The standard InChI is InChI=1S/C50H90N2O6/c1-4-6-8-10-12-20-26-32-38-51-48(53)36-30-24-18-14-16-22-28-34-40-57-46-42-45(50(55)56-3)43-47(44-46)58-41-35-29-23-17-15-19-25-31-37-49(54)52-39-33-27-21-13-11-9-7-5-2/h42-44H,4-41H2,1-3H3,(H,51,53)(H,52,54). The summed E-state index contributed by atoms with van der Waals surface area (Å²) in [5, 5.41) is 6.19. The van der Waals surface area contributed by atoms with Gasteiger partial charge in [0.1, 0.15) is 11.5 Å². The van der Waals surface area contributed by atoms with Crippen LogP contribution in [-0.2, 0) is 14.3 Å². The highest BCUT2D eigenvalue weighted by Crippen LogP contribution is 2.25. The van der Waals surface area contributed by atoms with Gasteiger partial charge in [0.15, 0.2) is 0 Å². The molecule has 2 amide bonds. The van der Waals surface area contributed by atoms with Gasteiger partial charge < -0.3 is 24.8 Å². The van der Waals surface area contributed by atoms with Crippen LogP contribution in [0.4, 0.5) is 0 Å². The van der Waals surface area contributed by atoms with E-state index in [1.807, 2.05) is 6.07 Å². The zero-order chi connectivity index (χ0) is 42.0. The van der Waals surface area contributed by atoms with E-state index >= 15 is 0 Å². The maximum absolute atomic E-state index is 12.3. The first-order valence-corrected chi connectivity index (χ1v) is 24.5. The third-order valence-electron chi connectivity index (χ3n) is 11.1. The highest BCUT2D eigenvalue weighted by atomic mass is 16.5. The summed E-state index contributed by atoms with van der Waals surface area (Å²) in [6.07, 6.45) is 39.9. The normalized spacial score (nSPS) is 11.1. The van der Waals surface area contributed by atoms with Crippen LogP contribution < -0.4 is 20.1 Å². The van der Waals surface area contributed by atoms with Gasteiger partial charge in [0, 0.05) is 32.0 Å². The summed E-state index contributed by atoms with van der Waals surface area (Å²) in [6, 6.07) is 5.35. The smallest absolute Gasteiger partial charge is 0.338 e. The maximum atomic E-state index is 12.3. The molecule has 0 aliphatic heterocycles. The van der Waals surface area contributed by atoms with Crippen LogP contribution in [0, 0.1) is 0 Å². The van der Waals surface area contributed by atoms with Crippen molar-refractivity contribution in [3.05, 3.63) is 23.8 Å². The molecule has 0 unspecified atom stereocenters. The summed E-state index contributed by atoms with van der Waals surface area (Å²) in [5.41, 5.74) is 0.442. The third kappa shape index (κ3) is 34.1. The van der Waals surface area contributed by atoms with Crippen LogP contribution in [0.2, 0.25) is 0 Å². The van der Waals surface area contributed by atoms with Gasteiger partial charge in [-0.15, -0.1) is 0 Å². The first-order valence-electron chi connectivity index (χ1n) is 24.5. The highest BCUT2D eigenvalue weighted by Gasteiger charge is 2.11. The Bertz CT molecular complexity index is 1040. The molecule has 0 aliphatic rings. The number of carbonyl (C=O) groups excluding carboxylic acids is 3. The van der Waals surface area contributed by atoms with Crippen LogP contribution in [0.3, 0.4) is 0 Å². The summed E-state index contributed by atoms with van der Waals surface area (Å²) in [4.78, 5) is 36.5. The first-order chi connectivity index (χ1) is 28.5. The topological polar surface area (TPSA) is 103 Å². The fourth-order valence-electron chi connectivity index (χ4n) is 7.40. The van der Waals surface area contributed by atoms with E-state index in [0.29, 0.717) is 43.1 Å². The molecule has 58 heavy (non-hydrogen) atoms. The van der Waals surface area contributed by atoms with Crippen molar-refractivity contribution < 1.29 is 28.6 Å². The van der Waals surface area contributed by atoms with Crippen LogP contribution >= 0.6 is 0 Å². The highest BCUT2D eigenvalue weighted by molar-refractivity contribution is 5.90. The van der Waals surface area contributed by atoms with Crippen molar-refractivity contribution >= 4 is 17.8 Å². The van der Waals surface area contributed by atoms with E-state index in [0.717, 1.165) is 77.3 Å². The fourth-order valence-corrected chi connectivity index (χ4v) is 7.40. The lowest BCUT2D eigenvalue weighted by Gasteiger charge is -2.12. The van der Waals surface area contributed by atoms with Crippen molar-refractivity contribution in [2.24, 2.45) is 0 Å². The van der Waals surface area contributed by atoms with Gasteiger partial charge in [-0.05, 0) is 50.7 Å². The Morgan fingerprint density at radius 2 is 0.724 bits per heavy atom. The van der Waals surface area contributed by atoms with E-state index in [2.05, 4.69) is 24.5 Å². The Labute approximate surface area is 356 Å². The molecule has 8 heteroatoms. The third-order valence-corrected chi connectivity index (χ3v) is 11.1. The zero-order valence-electron chi connectivity index (χ0n) is 38.1. The van der Waals surface area contributed by atoms with Crippen molar-refractivity contribution in [2.75, 3.05) is 33.4 Å². The summed E-state index contributed by atoms with van der Waals surface area (Å²) >= 11 is 0. The molecular weight excluding hydrogens is 725 g/mol. The fraction of sp³-hybridized carbons (Fsp3) is 0.820. The Hall–Kier alpha value is -2.77. The number of hydrogen-bond acceptors (Lipinski definition) is 6. The average molecular weight is 815 g/mol. The minimum absolute atomic E-state index is 0.214. The molecule has 0 fully saturated rings. The quantitative estimate of drug-likeness (QED) is 0.0503. The van der Waals surface area contributed by atoms with Gasteiger partial charge in [-0.25, -0.2) is 4.79 Å². The maximum Gasteiger partial charge on any atom is 0.338 e. The number of nitrogens with one attached hydrogen (secondary N) is 2. The second-order valence-electron chi connectivity index (χ2n) is 16.7. The molecule has 0 heterocycles. The van der Waals surface area contributed by atoms with Crippen molar-refractivity contribution in [1.82, 2.24) is 10.6 Å². The van der Waals surface area contributed by atoms with E-state index in [1.165, 1.54) is 148 Å². The van der Waals surface area contributed by atoms with Gasteiger partial charge in [-0.3, -0.25) is 9.59 Å². The van der Waals surface area contributed by atoms with Crippen molar-refractivity contribution in [2.45, 2.75) is 232 Å². The van der Waals surface area contributed by atoms with E-state index in [-0.39, 0.29) is 11.8 Å². The Kier molecular flexibility index (Phi) is 37.6. The lowest BCUT2D eigenvalue weighted by molar-refractivity contribution is -0.122. The van der Waals surface area contributed by atoms with Gasteiger partial charge in [0.25, 0.3) is 0 Å². The Balaban J connectivity index is 2.04. The van der Waals surface area contributed by atoms with Crippen LogP contribution in [0.15, 0.2) is 18.2 Å². The van der Waals surface area contributed by atoms with Gasteiger partial charge in [0.2, 0.25) is 11.8 Å². The zero-order valence-corrected chi connectivity index (χ0v) is 38.1. The van der Waals surface area contributed by atoms with Gasteiger partial charge in [0.05, 0.1) is 25.9 Å². The first kappa shape index (κ1) is 53.2. The molecule has 0 aliphatic carbocycles. The van der Waals surface area contributed by atoms with E-state index < -0.39 is 5.97 Å². The number of unbranched alkanes of at least 4 members (excludes halogenated alkanes) is 28. The number of rotatable bonds is 43. The van der Waals surface area contributed by atoms with Crippen LogP contribution in [0.25, 0.3) is 0 Å². The second kappa shape index (κ2) is 41.0. The molecule has 336 valence electrons. The van der Waals surface area contributed by atoms with Crippen molar-refractivity contribution in [3.63, 3.8) is 0 Å². The number of carbonyl (C=O) groups is 3. The molecule has 2 N–H and O–H groups in total.